The van der Waals surface area contributed by atoms with E-state index < -0.39 is 31.4 Å². The van der Waals surface area contributed by atoms with Crippen LogP contribution in [0.25, 0.3) is 0 Å². The first-order valence-electron chi connectivity index (χ1n) is 5.86. The number of halogens is 1. The van der Waals surface area contributed by atoms with Crippen molar-refractivity contribution >= 4 is 25.7 Å². The highest BCUT2D eigenvalue weighted by Crippen LogP contribution is 2.16. The van der Waals surface area contributed by atoms with Crippen LogP contribution in [-0.2, 0) is 20.0 Å². The third-order valence-corrected chi connectivity index (χ3v) is 4.77. The summed E-state index contributed by atoms with van der Waals surface area (Å²) in [5, 5.41) is 0. The van der Waals surface area contributed by atoms with E-state index in [-0.39, 0.29) is 17.1 Å². The molecule has 4 N–H and O–H groups in total. The number of benzene rings is 1. The Balaban J connectivity index is 2.89. The Bertz CT molecular complexity index is 730. The maximum atomic E-state index is 13.3. The normalized spacial score (nSPS) is 13.3. The molecule has 0 aliphatic heterocycles. The number of rotatable bonds is 6. The topological polar surface area (TPSA) is 118 Å². The van der Waals surface area contributed by atoms with Crippen LogP contribution in [0.3, 0.4) is 0 Å². The summed E-state index contributed by atoms with van der Waals surface area (Å²) in [6.07, 6.45) is 0.971. The average molecular weight is 339 g/mol. The maximum absolute atomic E-state index is 13.3. The lowest BCUT2D eigenvalue weighted by Gasteiger charge is -2.25. The van der Waals surface area contributed by atoms with Crippen LogP contribution in [-0.4, -0.2) is 35.2 Å². The molecule has 21 heavy (non-hydrogen) atoms. The van der Waals surface area contributed by atoms with Crippen molar-refractivity contribution in [3.8, 4) is 0 Å². The van der Waals surface area contributed by atoms with Crippen molar-refractivity contribution in [3.05, 3.63) is 24.0 Å². The van der Waals surface area contributed by atoms with Gasteiger partial charge in [0.2, 0.25) is 20.0 Å². The molecule has 0 heterocycles. The highest BCUT2D eigenvalue weighted by atomic mass is 32.2. The zero-order valence-electron chi connectivity index (χ0n) is 11.8. The van der Waals surface area contributed by atoms with E-state index >= 15 is 0 Å². The second kappa shape index (κ2) is 5.87. The van der Waals surface area contributed by atoms with Crippen LogP contribution >= 0.6 is 0 Å². The smallest absolute Gasteiger partial charge is 0.240 e. The molecule has 1 aromatic carbocycles. The van der Waals surface area contributed by atoms with Crippen LogP contribution in [0.2, 0.25) is 0 Å². The van der Waals surface area contributed by atoms with Gasteiger partial charge in [-0.1, -0.05) is 0 Å². The first-order chi connectivity index (χ1) is 9.32. The lowest BCUT2D eigenvalue weighted by atomic mass is 10.1. The summed E-state index contributed by atoms with van der Waals surface area (Å²) in [4.78, 5) is -0.288. The van der Waals surface area contributed by atoms with Crippen LogP contribution < -0.4 is 15.2 Å². The molecule has 0 spiro atoms. The van der Waals surface area contributed by atoms with Gasteiger partial charge >= 0.3 is 0 Å². The highest BCUT2D eigenvalue weighted by Gasteiger charge is 2.25. The molecule has 0 fully saturated rings. The van der Waals surface area contributed by atoms with E-state index in [0.717, 1.165) is 24.5 Å². The fraction of sp³-hybridized carbons (Fsp3) is 0.455. The second-order valence-corrected chi connectivity index (χ2v) is 8.78. The molecule has 0 bridgehead atoms. The average Bonchev–Trinajstić information content (AvgIpc) is 2.27. The van der Waals surface area contributed by atoms with E-state index in [0.29, 0.717) is 0 Å². The van der Waals surface area contributed by atoms with Crippen LogP contribution in [0.5, 0.6) is 0 Å². The summed E-state index contributed by atoms with van der Waals surface area (Å²) in [5.74, 6) is -0.841. The number of sulfonamides is 2. The molecule has 1 rings (SSSR count). The number of hydrogen-bond acceptors (Lipinski definition) is 5. The molecule has 7 nitrogen and oxygen atoms in total. The minimum atomic E-state index is -3.97. The molecular weight excluding hydrogens is 321 g/mol. The van der Waals surface area contributed by atoms with Crippen LogP contribution in [0.1, 0.15) is 13.8 Å². The van der Waals surface area contributed by atoms with Crippen molar-refractivity contribution < 1.29 is 21.2 Å². The minimum Gasteiger partial charge on any atom is -0.396 e. The molecule has 10 heteroatoms. The highest BCUT2D eigenvalue weighted by molar-refractivity contribution is 7.89. The molecular formula is C11H18FN3O4S2. The van der Waals surface area contributed by atoms with Gasteiger partial charge in [-0.15, -0.1) is 0 Å². The predicted octanol–water partition coefficient (Wildman–Crippen LogP) is 0.0140. The monoisotopic (exact) mass is 339 g/mol. The minimum absolute atomic E-state index is 0.159. The van der Waals surface area contributed by atoms with Crippen molar-refractivity contribution in [2.75, 3.05) is 18.5 Å². The Morgan fingerprint density at radius 2 is 1.81 bits per heavy atom. The fourth-order valence-corrected chi connectivity index (χ4v) is 3.87. The molecule has 120 valence electrons. The Labute approximate surface area is 123 Å². The van der Waals surface area contributed by atoms with Crippen molar-refractivity contribution in [1.82, 2.24) is 9.44 Å². The molecule has 0 saturated heterocycles. The van der Waals surface area contributed by atoms with Gasteiger partial charge in [0.15, 0.2) is 0 Å². The first-order valence-corrected chi connectivity index (χ1v) is 9.23. The summed E-state index contributed by atoms with van der Waals surface area (Å²) in [7, 11) is -7.46. The predicted molar refractivity (Wildman–Crippen MR) is 78.1 cm³/mol. The molecule has 0 aromatic heterocycles. The van der Waals surface area contributed by atoms with Gasteiger partial charge in [0.25, 0.3) is 0 Å². The third-order valence-electron chi connectivity index (χ3n) is 2.45. The number of nitrogen functional groups attached to an aromatic ring is 1. The van der Waals surface area contributed by atoms with E-state index in [9.17, 15) is 21.2 Å². The van der Waals surface area contributed by atoms with Crippen molar-refractivity contribution in [2.24, 2.45) is 0 Å². The fourth-order valence-electron chi connectivity index (χ4n) is 1.57. The molecule has 0 radical (unpaired) electrons. The summed E-state index contributed by atoms with van der Waals surface area (Å²) in [6, 6.07) is 3.11. The Morgan fingerprint density at radius 3 is 2.29 bits per heavy atom. The van der Waals surface area contributed by atoms with E-state index in [1.165, 1.54) is 13.8 Å². The van der Waals surface area contributed by atoms with Crippen molar-refractivity contribution in [2.45, 2.75) is 24.3 Å². The number of anilines is 1. The van der Waals surface area contributed by atoms with Gasteiger partial charge < -0.3 is 5.73 Å². The quantitative estimate of drug-likeness (QED) is 0.631. The van der Waals surface area contributed by atoms with Gasteiger partial charge in [-0.2, -0.15) is 0 Å². The summed E-state index contributed by atoms with van der Waals surface area (Å²) < 4.78 is 64.2. The molecule has 0 amide bonds. The van der Waals surface area contributed by atoms with Crippen molar-refractivity contribution in [3.63, 3.8) is 0 Å². The van der Waals surface area contributed by atoms with E-state index in [1.54, 1.807) is 0 Å². The lowest BCUT2D eigenvalue weighted by Crippen LogP contribution is -2.50. The van der Waals surface area contributed by atoms with E-state index in [1.807, 2.05) is 0 Å². The molecule has 0 atom stereocenters. The summed E-state index contributed by atoms with van der Waals surface area (Å²) >= 11 is 0. The zero-order valence-corrected chi connectivity index (χ0v) is 13.5. The summed E-state index contributed by atoms with van der Waals surface area (Å²) in [5.41, 5.74) is 4.08. The van der Waals surface area contributed by atoms with Gasteiger partial charge in [0.05, 0.1) is 16.8 Å². The molecule has 0 unspecified atom stereocenters. The number of nitrogens with two attached hydrogens (primary N) is 1. The SMILES string of the molecule is CC(C)(CNS(=O)(=O)c1ccc(N)c(F)c1)NS(C)(=O)=O. The Hall–Kier alpha value is -1.23. The van der Waals surface area contributed by atoms with Gasteiger partial charge in [-0.3, -0.25) is 0 Å². The molecule has 0 aliphatic carbocycles. The van der Waals surface area contributed by atoms with Crippen LogP contribution in [0.4, 0.5) is 10.1 Å². The largest absolute Gasteiger partial charge is 0.396 e. The van der Waals surface area contributed by atoms with Gasteiger partial charge in [-0.05, 0) is 32.0 Å². The van der Waals surface area contributed by atoms with Crippen LogP contribution in [0, 0.1) is 5.82 Å². The van der Waals surface area contributed by atoms with Gasteiger partial charge in [0.1, 0.15) is 5.82 Å². The molecule has 1 aromatic rings. The van der Waals surface area contributed by atoms with E-state index in [4.69, 9.17) is 5.73 Å². The standard InChI is InChI=1S/C11H18FN3O4S2/c1-11(2,15-20(3,16)17)7-14-21(18,19)8-4-5-10(13)9(12)6-8/h4-6,14-15H,7,13H2,1-3H3. The maximum Gasteiger partial charge on any atom is 0.240 e. The van der Waals surface area contributed by atoms with Gasteiger partial charge in [0, 0.05) is 12.1 Å². The van der Waals surface area contributed by atoms with E-state index in [2.05, 4.69) is 9.44 Å². The molecule has 0 aliphatic rings. The lowest BCUT2D eigenvalue weighted by molar-refractivity contribution is 0.446. The van der Waals surface area contributed by atoms with Crippen molar-refractivity contribution in [1.29, 1.82) is 0 Å². The second-order valence-electron chi connectivity index (χ2n) is 5.27. The first kappa shape index (κ1) is 17.8. The summed E-state index contributed by atoms with van der Waals surface area (Å²) in [6.45, 7) is 2.83. The zero-order chi connectivity index (χ0) is 16.5. The molecule has 0 saturated carbocycles. The Kier molecular flexibility index (Phi) is 4.98. The number of hydrogen-bond donors (Lipinski definition) is 3. The van der Waals surface area contributed by atoms with Gasteiger partial charge in [-0.25, -0.2) is 30.7 Å². The number of nitrogens with one attached hydrogen (secondary N) is 2. The van der Waals surface area contributed by atoms with Crippen LogP contribution in [0.15, 0.2) is 23.1 Å². The third kappa shape index (κ3) is 5.58. The Morgan fingerprint density at radius 1 is 1.24 bits per heavy atom.